The molecule has 0 aromatic heterocycles. The Hall–Kier alpha value is -2.89. The Morgan fingerprint density at radius 2 is 1.73 bits per heavy atom. The summed E-state index contributed by atoms with van der Waals surface area (Å²) < 4.78 is 23.5. The van der Waals surface area contributed by atoms with Crippen LogP contribution in [0.3, 0.4) is 0 Å². The monoisotopic (exact) mass is 359 g/mol. The number of halogens is 1. The summed E-state index contributed by atoms with van der Waals surface area (Å²) in [6.45, 7) is 4.01. The zero-order valence-corrected chi connectivity index (χ0v) is 14.8. The summed E-state index contributed by atoms with van der Waals surface area (Å²) in [5, 5.41) is 2.67. The van der Waals surface area contributed by atoms with Crippen LogP contribution in [0.2, 0.25) is 0 Å². The van der Waals surface area contributed by atoms with E-state index >= 15 is 0 Å². The van der Waals surface area contributed by atoms with Crippen LogP contribution in [-0.2, 0) is 9.53 Å². The van der Waals surface area contributed by atoms with E-state index in [0.717, 1.165) is 12.8 Å². The smallest absolute Gasteiger partial charge is 0.347 e. The molecule has 138 valence electrons. The first-order valence-corrected chi connectivity index (χ1v) is 8.50. The predicted octanol–water partition coefficient (Wildman–Crippen LogP) is 4.19. The molecule has 0 fully saturated rings. The number of hydrogen-bond acceptors (Lipinski definition) is 4. The summed E-state index contributed by atoms with van der Waals surface area (Å²) in [4.78, 5) is 24.0. The summed E-state index contributed by atoms with van der Waals surface area (Å²) in [7, 11) is 0. The Bertz CT molecular complexity index is 728. The largest absolute Gasteiger partial charge is 0.479 e. The number of benzene rings is 2. The highest BCUT2D eigenvalue weighted by Gasteiger charge is 2.16. The van der Waals surface area contributed by atoms with Crippen molar-refractivity contribution >= 4 is 17.6 Å². The van der Waals surface area contributed by atoms with Gasteiger partial charge in [0, 0.05) is 11.3 Å². The maximum atomic E-state index is 12.9. The SMILES string of the molecule is CCCCOC(=O)[C@@H](C)Oc1ccc(C(=O)Nc2ccc(F)cc2)cc1. The Morgan fingerprint density at radius 3 is 2.35 bits per heavy atom. The zero-order chi connectivity index (χ0) is 18.9. The molecule has 6 heteroatoms. The molecule has 5 nitrogen and oxygen atoms in total. The summed E-state index contributed by atoms with van der Waals surface area (Å²) in [5.41, 5.74) is 0.917. The number of rotatable bonds is 8. The number of anilines is 1. The number of ether oxygens (including phenoxy) is 2. The van der Waals surface area contributed by atoms with Crippen LogP contribution in [0.15, 0.2) is 48.5 Å². The van der Waals surface area contributed by atoms with Crippen molar-refractivity contribution in [1.29, 1.82) is 0 Å². The first-order chi connectivity index (χ1) is 12.5. The van der Waals surface area contributed by atoms with E-state index < -0.39 is 12.1 Å². The summed E-state index contributed by atoms with van der Waals surface area (Å²) in [6.07, 6.45) is 1.03. The molecular weight excluding hydrogens is 337 g/mol. The second-order valence-electron chi connectivity index (χ2n) is 5.77. The maximum Gasteiger partial charge on any atom is 0.347 e. The van der Waals surface area contributed by atoms with Gasteiger partial charge in [0.1, 0.15) is 11.6 Å². The topological polar surface area (TPSA) is 64.6 Å². The minimum Gasteiger partial charge on any atom is -0.479 e. The van der Waals surface area contributed by atoms with Crippen molar-refractivity contribution in [1.82, 2.24) is 0 Å². The Labute approximate surface area is 152 Å². The van der Waals surface area contributed by atoms with Gasteiger partial charge in [-0.05, 0) is 61.9 Å². The molecule has 2 aromatic rings. The quantitative estimate of drug-likeness (QED) is 0.567. The van der Waals surface area contributed by atoms with E-state index in [4.69, 9.17) is 9.47 Å². The summed E-state index contributed by atoms with van der Waals surface area (Å²) in [5.74, 6) is -0.651. The van der Waals surface area contributed by atoms with Crippen molar-refractivity contribution in [3.63, 3.8) is 0 Å². The average molecular weight is 359 g/mol. The fourth-order valence-electron chi connectivity index (χ4n) is 2.11. The number of carbonyl (C=O) groups excluding carboxylic acids is 2. The van der Waals surface area contributed by atoms with Crippen molar-refractivity contribution in [3.05, 3.63) is 59.9 Å². The van der Waals surface area contributed by atoms with Crippen molar-refractivity contribution in [2.75, 3.05) is 11.9 Å². The van der Waals surface area contributed by atoms with E-state index in [9.17, 15) is 14.0 Å². The molecule has 2 rings (SSSR count). The van der Waals surface area contributed by atoms with Crippen molar-refractivity contribution < 1.29 is 23.5 Å². The van der Waals surface area contributed by atoms with Crippen LogP contribution in [0.4, 0.5) is 10.1 Å². The number of amides is 1. The van der Waals surface area contributed by atoms with Crippen LogP contribution >= 0.6 is 0 Å². The minimum atomic E-state index is -0.731. The Balaban J connectivity index is 1.89. The van der Waals surface area contributed by atoms with Gasteiger partial charge in [0.15, 0.2) is 6.10 Å². The lowest BCUT2D eigenvalue weighted by molar-refractivity contribution is -0.151. The van der Waals surface area contributed by atoms with Crippen LogP contribution in [-0.4, -0.2) is 24.6 Å². The van der Waals surface area contributed by atoms with E-state index in [1.807, 2.05) is 6.92 Å². The van der Waals surface area contributed by atoms with Crippen LogP contribution in [0.5, 0.6) is 5.75 Å². The van der Waals surface area contributed by atoms with E-state index in [1.54, 1.807) is 31.2 Å². The highest BCUT2D eigenvalue weighted by Crippen LogP contribution is 2.16. The van der Waals surface area contributed by atoms with Crippen molar-refractivity contribution in [2.45, 2.75) is 32.8 Å². The third kappa shape index (κ3) is 5.88. The molecule has 26 heavy (non-hydrogen) atoms. The van der Waals surface area contributed by atoms with Crippen LogP contribution in [0.25, 0.3) is 0 Å². The third-order valence-electron chi connectivity index (χ3n) is 3.61. The van der Waals surface area contributed by atoms with Crippen molar-refractivity contribution in [3.8, 4) is 5.75 Å². The normalized spacial score (nSPS) is 11.5. The summed E-state index contributed by atoms with van der Waals surface area (Å²) >= 11 is 0. The fraction of sp³-hybridized carbons (Fsp3) is 0.300. The van der Waals surface area contributed by atoms with Gasteiger partial charge in [-0.3, -0.25) is 4.79 Å². The van der Waals surface area contributed by atoms with Gasteiger partial charge in [-0.1, -0.05) is 13.3 Å². The second-order valence-corrected chi connectivity index (χ2v) is 5.77. The highest BCUT2D eigenvalue weighted by atomic mass is 19.1. The number of hydrogen-bond donors (Lipinski definition) is 1. The van der Waals surface area contributed by atoms with Gasteiger partial charge in [-0.2, -0.15) is 0 Å². The van der Waals surface area contributed by atoms with Gasteiger partial charge < -0.3 is 14.8 Å². The van der Waals surface area contributed by atoms with E-state index in [2.05, 4.69) is 5.32 Å². The first kappa shape index (κ1) is 19.4. The molecule has 0 radical (unpaired) electrons. The van der Waals surface area contributed by atoms with Crippen LogP contribution in [0, 0.1) is 5.82 Å². The number of carbonyl (C=O) groups is 2. The molecule has 0 spiro atoms. The molecule has 2 aromatic carbocycles. The molecule has 0 unspecified atom stereocenters. The van der Waals surface area contributed by atoms with Gasteiger partial charge in [-0.25, -0.2) is 9.18 Å². The zero-order valence-electron chi connectivity index (χ0n) is 14.8. The molecule has 0 saturated carbocycles. The molecule has 0 saturated heterocycles. The lowest BCUT2D eigenvalue weighted by Crippen LogP contribution is -2.26. The van der Waals surface area contributed by atoms with Gasteiger partial charge in [0.2, 0.25) is 0 Å². The van der Waals surface area contributed by atoms with E-state index in [0.29, 0.717) is 23.6 Å². The molecule has 0 bridgehead atoms. The minimum absolute atomic E-state index is 0.324. The molecule has 1 atom stereocenters. The first-order valence-electron chi connectivity index (χ1n) is 8.50. The Morgan fingerprint density at radius 1 is 1.08 bits per heavy atom. The molecule has 0 aliphatic carbocycles. The third-order valence-corrected chi connectivity index (χ3v) is 3.61. The Kier molecular flexibility index (Phi) is 7.14. The van der Waals surface area contributed by atoms with Crippen LogP contribution in [0.1, 0.15) is 37.0 Å². The van der Waals surface area contributed by atoms with Gasteiger partial charge in [0.05, 0.1) is 6.61 Å². The second kappa shape index (κ2) is 9.56. The van der Waals surface area contributed by atoms with Gasteiger partial charge in [-0.15, -0.1) is 0 Å². The molecule has 0 aliphatic heterocycles. The number of unbranched alkanes of at least 4 members (excludes halogenated alkanes) is 1. The number of esters is 1. The summed E-state index contributed by atoms with van der Waals surface area (Å²) in [6, 6.07) is 11.9. The average Bonchev–Trinajstić information content (AvgIpc) is 2.64. The van der Waals surface area contributed by atoms with Gasteiger partial charge in [0.25, 0.3) is 5.91 Å². The molecule has 1 amide bonds. The lowest BCUT2D eigenvalue weighted by atomic mass is 10.2. The number of nitrogens with one attached hydrogen (secondary N) is 1. The molecular formula is C20H22FNO4. The fourth-order valence-corrected chi connectivity index (χ4v) is 2.11. The molecule has 0 aliphatic rings. The van der Waals surface area contributed by atoms with E-state index in [-0.39, 0.29) is 11.7 Å². The predicted molar refractivity (Wildman–Crippen MR) is 96.8 cm³/mol. The molecule has 0 heterocycles. The highest BCUT2D eigenvalue weighted by molar-refractivity contribution is 6.04. The standard InChI is InChI=1S/C20H22FNO4/c1-3-4-13-25-20(24)14(2)26-18-11-5-15(6-12-18)19(23)22-17-9-7-16(21)8-10-17/h5-12,14H,3-4,13H2,1-2H3,(H,22,23)/t14-/m1/s1. The van der Waals surface area contributed by atoms with E-state index in [1.165, 1.54) is 24.3 Å². The molecule has 1 N–H and O–H groups in total. The lowest BCUT2D eigenvalue weighted by Gasteiger charge is -2.14. The van der Waals surface area contributed by atoms with Gasteiger partial charge >= 0.3 is 5.97 Å². The van der Waals surface area contributed by atoms with Crippen molar-refractivity contribution in [2.24, 2.45) is 0 Å². The maximum absolute atomic E-state index is 12.9. The van der Waals surface area contributed by atoms with Crippen LogP contribution < -0.4 is 10.1 Å².